The molecule has 0 saturated heterocycles. The highest BCUT2D eigenvalue weighted by atomic mass is 16.4. The second kappa shape index (κ2) is 5.17. The lowest BCUT2D eigenvalue weighted by molar-refractivity contribution is -0.141. The van der Waals surface area contributed by atoms with E-state index in [2.05, 4.69) is 19.2 Å². The fraction of sp³-hybridized carbons (Fsp3) is 0.923. The van der Waals surface area contributed by atoms with E-state index in [-0.39, 0.29) is 5.92 Å². The Morgan fingerprint density at radius 2 is 2.06 bits per heavy atom. The first-order valence-electron chi connectivity index (χ1n) is 6.31. The standard InChI is InChI=1S/C13H25NO2/c1-9(2)11(12(15)16)14-10-6-5-7-13(3,4)8-10/h9-11,14H,5-8H2,1-4H3,(H,15,16). The zero-order chi connectivity index (χ0) is 12.3. The summed E-state index contributed by atoms with van der Waals surface area (Å²) in [6, 6.07) is -0.0360. The summed E-state index contributed by atoms with van der Waals surface area (Å²) in [5.41, 5.74) is 0.357. The van der Waals surface area contributed by atoms with Gasteiger partial charge < -0.3 is 10.4 Å². The molecule has 16 heavy (non-hydrogen) atoms. The van der Waals surface area contributed by atoms with Crippen LogP contribution in [0.1, 0.15) is 53.4 Å². The molecular formula is C13H25NO2. The predicted octanol–water partition coefficient (Wildman–Crippen LogP) is 2.65. The third-order valence-corrected chi connectivity index (χ3v) is 3.55. The van der Waals surface area contributed by atoms with Gasteiger partial charge in [-0.25, -0.2) is 0 Å². The molecule has 1 aliphatic carbocycles. The molecule has 0 aromatic heterocycles. The molecule has 1 aliphatic rings. The molecule has 0 aromatic carbocycles. The van der Waals surface area contributed by atoms with Crippen LogP contribution in [-0.2, 0) is 4.79 Å². The van der Waals surface area contributed by atoms with Gasteiger partial charge in [-0.05, 0) is 30.6 Å². The van der Waals surface area contributed by atoms with E-state index in [1.165, 1.54) is 12.8 Å². The second-order valence-corrected chi connectivity index (χ2v) is 6.18. The summed E-state index contributed by atoms with van der Waals surface area (Å²) in [7, 11) is 0. The van der Waals surface area contributed by atoms with E-state index in [0.717, 1.165) is 12.8 Å². The maximum absolute atomic E-state index is 11.1. The van der Waals surface area contributed by atoms with Gasteiger partial charge in [-0.2, -0.15) is 0 Å². The summed E-state index contributed by atoms with van der Waals surface area (Å²) in [4.78, 5) is 11.1. The van der Waals surface area contributed by atoms with Crippen molar-refractivity contribution in [1.82, 2.24) is 5.32 Å². The summed E-state index contributed by atoms with van der Waals surface area (Å²) in [6.45, 7) is 8.46. The topological polar surface area (TPSA) is 49.3 Å². The minimum absolute atomic E-state index is 0.141. The van der Waals surface area contributed by atoms with Crippen molar-refractivity contribution < 1.29 is 9.90 Å². The summed E-state index contributed by atoms with van der Waals surface area (Å²) in [6.07, 6.45) is 4.66. The molecule has 0 heterocycles. The maximum Gasteiger partial charge on any atom is 0.320 e. The summed E-state index contributed by atoms with van der Waals surface area (Å²) in [5.74, 6) is -0.582. The lowest BCUT2D eigenvalue weighted by Crippen LogP contribution is -2.49. The van der Waals surface area contributed by atoms with Gasteiger partial charge in [0.2, 0.25) is 0 Å². The summed E-state index contributed by atoms with van der Waals surface area (Å²) < 4.78 is 0. The van der Waals surface area contributed by atoms with Crippen LogP contribution in [0.2, 0.25) is 0 Å². The van der Waals surface area contributed by atoms with Gasteiger partial charge in [0.25, 0.3) is 0 Å². The Morgan fingerprint density at radius 3 is 2.50 bits per heavy atom. The normalized spacial score (nSPS) is 26.7. The third-order valence-electron chi connectivity index (χ3n) is 3.55. The first kappa shape index (κ1) is 13.5. The van der Waals surface area contributed by atoms with Crippen molar-refractivity contribution in [3.05, 3.63) is 0 Å². The SMILES string of the molecule is CC(C)C(NC1CCCC(C)(C)C1)C(=O)O. The van der Waals surface area contributed by atoms with Crippen LogP contribution in [0, 0.1) is 11.3 Å². The van der Waals surface area contributed by atoms with Gasteiger partial charge >= 0.3 is 5.97 Å². The van der Waals surface area contributed by atoms with E-state index < -0.39 is 12.0 Å². The number of rotatable bonds is 4. The fourth-order valence-corrected chi connectivity index (χ4v) is 2.64. The van der Waals surface area contributed by atoms with Crippen LogP contribution in [0.25, 0.3) is 0 Å². The highest BCUT2D eigenvalue weighted by Crippen LogP contribution is 2.35. The molecule has 0 spiro atoms. The number of carboxylic acids is 1. The maximum atomic E-state index is 11.1. The second-order valence-electron chi connectivity index (χ2n) is 6.18. The minimum Gasteiger partial charge on any atom is -0.480 e. The van der Waals surface area contributed by atoms with E-state index >= 15 is 0 Å². The van der Waals surface area contributed by atoms with Crippen LogP contribution in [0.3, 0.4) is 0 Å². The van der Waals surface area contributed by atoms with E-state index in [0.29, 0.717) is 11.5 Å². The summed E-state index contributed by atoms with van der Waals surface area (Å²) in [5, 5.41) is 12.5. The van der Waals surface area contributed by atoms with Crippen molar-refractivity contribution in [2.75, 3.05) is 0 Å². The highest BCUT2D eigenvalue weighted by molar-refractivity contribution is 5.73. The van der Waals surface area contributed by atoms with Crippen molar-refractivity contribution in [3.63, 3.8) is 0 Å². The Hall–Kier alpha value is -0.570. The van der Waals surface area contributed by atoms with E-state index in [4.69, 9.17) is 5.11 Å². The molecule has 0 bridgehead atoms. The van der Waals surface area contributed by atoms with Gasteiger partial charge in [0.05, 0.1) is 0 Å². The number of nitrogens with one attached hydrogen (secondary N) is 1. The first-order valence-corrected chi connectivity index (χ1v) is 6.31. The van der Waals surface area contributed by atoms with Gasteiger partial charge in [-0.3, -0.25) is 4.79 Å². The first-order chi connectivity index (χ1) is 7.32. The smallest absolute Gasteiger partial charge is 0.320 e. The molecule has 3 nitrogen and oxygen atoms in total. The quantitative estimate of drug-likeness (QED) is 0.776. The van der Waals surface area contributed by atoms with E-state index in [1.54, 1.807) is 0 Å². The molecule has 0 aliphatic heterocycles. The van der Waals surface area contributed by atoms with Gasteiger partial charge in [0.15, 0.2) is 0 Å². The van der Waals surface area contributed by atoms with Crippen molar-refractivity contribution in [2.24, 2.45) is 11.3 Å². The number of hydrogen-bond donors (Lipinski definition) is 2. The third kappa shape index (κ3) is 3.78. The van der Waals surface area contributed by atoms with Gasteiger partial charge in [-0.1, -0.05) is 34.1 Å². The minimum atomic E-state index is -0.724. The number of carbonyl (C=O) groups is 1. The Bertz CT molecular complexity index is 248. The van der Waals surface area contributed by atoms with Crippen LogP contribution in [-0.4, -0.2) is 23.2 Å². The molecule has 1 fully saturated rings. The van der Waals surface area contributed by atoms with Crippen LogP contribution < -0.4 is 5.32 Å². The van der Waals surface area contributed by atoms with Crippen molar-refractivity contribution >= 4 is 5.97 Å². The molecule has 0 amide bonds. The predicted molar refractivity (Wildman–Crippen MR) is 65.4 cm³/mol. The average Bonchev–Trinajstić information content (AvgIpc) is 2.11. The van der Waals surface area contributed by atoms with Crippen molar-refractivity contribution in [3.8, 4) is 0 Å². The molecule has 2 atom stereocenters. The van der Waals surface area contributed by atoms with Crippen LogP contribution in [0.5, 0.6) is 0 Å². The molecular weight excluding hydrogens is 202 g/mol. The lowest BCUT2D eigenvalue weighted by Gasteiger charge is -2.37. The Labute approximate surface area is 98.6 Å². The Balaban J connectivity index is 2.55. The fourth-order valence-electron chi connectivity index (χ4n) is 2.64. The molecule has 3 heteroatoms. The van der Waals surface area contributed by atoms with E-state index in [9.17, 15) is 4.79 Å². The zero-order valence-corrected chi connectivity index (χ0v) is 10.9. The van der Waals surface area contributed by atoms with Crippen molar-refractivity contribution in [2.45, 2.75) is 65.5 Å². The summed E-state index contributed by atoms with van der Waals surface area (Å²) >= 11 is 0. The molecule has 0 aromatic rings. The molecule has 1 saturated carbocycles. The van der Waals surface area contributed by atoms with E-state index in [1.807, 2.05) is 13.8 Å². The Kier molecular flexibility index (Phi) is 4.36. The molecule has 2 unspecified atom stereocenters. The molecule has 0 radical (unpaired) electrons. The monoisotopic (exact) mass is 227 g/mol. The Morgan fingerprint density at radius 1 is 1.44 bits per heavy atom. The lowest BCUT2D eigenvalue weighted by atomic mass is 9.75. The largest absolute Gasteiger partial charge is 0.480 e. The van der Waals surface area contributed by atoms with Crippen LogP contribution in [0.4, 0.5) is 0 Å². The molecule has 2 N–H and O–H groups in total. The van der Waals surface area contributed by atoms with Gasteiger partial charge in [0.1, 0.15) is 6.04 Å². The van der Waals surface area contributed by atoms with Crippen molar-refractivity contribution in [1.29, 1.82) is 0 Å². The average molecular weight is 227 g/mol. The number of carboxylic acid groups (broad SMARTS) is 1. The van der Waals surface area contributed by atoms with Crippen LogP contribution in [0.15, 0.2) is 0 Å². The van der Waals surface area contributed by atoms with Crippen LogP contribution >= 0.6 is 0 Å². The van der Waals surface area contributed by atoms with Gasteiger partial charge in [0, 0.05) is 6.04 Å². The number of hydrogen-bond acceptors (Lipinski definition) is 2. The zero-order valence-electron chi connectivity index (χ0n) is 10.9. The van der Waals surface area contributed by atoms with Gasteiger partial charge in [-0.15, -0.1) is 0 Å². The number of aliphatic carboxylic acids is 1. The highest BCUT2D eigenvalue weighted by Gasteiger charge is 2.31. The molecule has 94 valence electrons. The molecule has 1 rings (SSSR count).